The van der Waals surface area contributed by atoms with Crippen LogP contribution in [0.3, 0.4) is 0 Å². The second-order valence-corrected chi connectivity index (χ2v) is 3.97. The van der Waals surface area contributed by atoms with Crippen molar-refractivity contribution < 1.29 is 13.6 Å². The number of halogens is 2. The molecule has 0 unspecified atom stereocenters. The van der Waals surface area contributed by atoms with Gasteiger partial charge in [0, 0.05) is 11.6 Å². The number of rotatable bonds is 2. The molecule has 0 saturated heterocycles. The topological polar surface area (TPSA) is 29.1 Å². The molecule has 0 saturated carbocycles. The normalized spacial score (nSPS) is 9.50. The number of benzene rings is 2. The van der Waals surface area contributed by atoms with E-state index in [-0.39, 0.29) is 12.1 Å². The van der Waals surface area contributed by atoms with Crippen LogP contribution in [-0.2, 0) is 0 Å². The van der Waals surface area contributed by atoms with Crippen molar-refractivity contribution in [2.24, 2.45) is 0 Å². The highest BCUT2D eigenvalue weighted by Crippen LogP contribution is 2.08. The van der Waals surface area contributed by atoms with E-state index in [0.717, 1.165) is 17.7 Å². The van der Waals surface area contributed by atoms with Crippen LogP contribution in [0.5, 0.6) is 0 Å². The van der Waals surface area contributed by atoms with E-state index >= 15 is 0 Å². The van der Waals surface area contributed by atoms with Crippen LogP contribution >= 0.6 is 0 Å². The molecule has 1 N–H and O–H groups in total. The van der Waals surface area contributed by atoms with Crippen molar-refractivity contribution in [3.63, 3.8) is 0 Å². The molecular weight excluding hydrogens is 260 g/mol. The van der Waals surface area contributed by atoms with Gasteiger partial charge in [0.2, 0.25) is 0 Å². The highest BCUT2D eigenvalue weighted by atomic mass is 19.1. The minimum absolute atomic E-state index is 0.0878. The van der Waals surface area contributed by atoms with Crippen LogP contribution in [0.25, 0.3) is 0 Å². The highest BCUT2D eigenvalue weighted by molar-refractivity contribution is 5.94. The first kappa shape index (κ1) is 13.8. The Morgan fingerprint density at radius 2 is 1.85 bits per heavy atom. The maximum atomic E-state index is 13.3. The van der Waals surface area contributed by atoms with Gasteiger partial charge in [-0.05, 0) is 24.3 Å². The van der Waals surface area contributed by atoms with Gasteiger partial charge in [0.15, 0.2) is 0 Å². The molecule has 0 spiro atoms. The van der Waals surface area contributed by atoms with E-state index in [1.54, 1.807) is 0 Å². The highest BCUT2D eigenvalue weighted by Gasteiger charge is 2.11. The molecule has 100 valence electrons. The molecule has 4 heteroatoms. The second-order valence-electron chi connectivity index (χ2n) is 3.97. The summed E-state index contributed by atoms with van der Waals surface area (Å²) < 4.78 is 26.0. The van der Waals surface area contributed by atoms with E-state index < -0.39 is 17.5 Å². The molecule has 0 radical (unpaired) electrons. The summed E-state index contributed by atoms with van der Waals surface area (Å²) >= 11 is 0. The molecule has 0 aliphatic heterocycles. The SMILES string of the molecule is O=C(NCC#Cc1ccccc1)c1ccc(F)cc1F. The van der Waals surface area contributed by atoms with E-state index in [1.807, 2.05) is 30.3 Å². The fraction of sp³-hybridized carbons (Fsp3) is 0.0625. The van der Waals surface area contributed by atoms with Gasteiger partial charge in [0.25, 0.3) is 5.91 Å². The van der Waals surface area contributed by atoms with Gasteiger partial charge in [-0.1, -0.05) is 30.0 Å². The average molecular weight is 271 g/mol. The first-order valence-electron chi connectivity index (χ1n) is 5.94. The van der Waals surface area contributed by atoms with Crippen LogP contribution in [0.15, 0.2) is 48.5 Å². The molecule has 20 heavy (non-hydrogen) atoms. The van der Waals surface area contributed by atoms with Crippen LogP contribution in [-0.4, -0.2) is 12.5 Å². The summed E-state index contributed by atoms with van der Waals surface area (Å²) in [6.07, 6.45) is 0. The number of carbonyl (C=O) groups is 1. The lowest BCUT2D eigenvalue weighted by molar-refractivity contribution is 0.0954. The van der Waals surface area contributed by atoms with Gasteiger partial charge in [-0.3, -0.25) is 4.79 Å². The molecule has 0 fully saturated rings. The van der Waals surface area contributed by atoms with E-state index in [4.69, 9.17) is 0 Å². The quantitative estimate of drug-likeness (QED) is 0.836. The Hall–Kier alpha value is -2.67. The maximum absolute atomic E-state index is 13.3. The van der Waals surface area contributed by atoms with Crippen LogP contribution in [0.2, 0.25) is 0 Å². The first-order valence-corrected chi connectivity index (χ1v) is 5.94. The average Bonchev–Trinajstić information content (AvgIpc) is 2.44. The maximum Gasteiger partial charge on any atom is 0.255 e. The minimum Gasteiger partial charge on any atom is -0.341 e. The predicted molar refractivity (Wildman–Crippen MR) is 72.0 cm³/mol. The molecule has 0 bridgehead atoms. The Morgan fingerprint density at radius 1 is 1.10 bits per heavy atom. The Balaban J connectivity index is 1.95. The molecule has 2 nitrogen and oxygen atoms in total. The van der Waals surface area contributed by atoms with E-state index in [0.29, 0.717) is 6.07 Å². The lowest BCUT2D eigenvalue weighted by Crippen LogP contribution is -2.24. The van der Waals surface area contributed by atoms with Crippen molar-refractivity contribution in [1.29, 1.82) is 0 Å². The summed E-state index contributed by atoms with van der Waals surface area (Å²) in [6.45, 7) is 0.0878. The third-order valence-electron chi connectivity index (χ3n) is 2.52. The lowest BCUT2D eigenvalue weighted by atomic mass is 10.2. The molecule has 0 aromatic heterocycles. The summed E-state index contributed by atoms with van der Waals surface area (Å²) in [5.41, 5.74) is 0.627. The molecule has 1 amide bonds. The molecular formula is C16H11F2NO. The monoisotopic (exact) mass is 271 g/mol. The number of carbonyl (C=O) groups excluding carboxylic acids is 1. The zero-order chi connectivity index (χ0) is 14.4. The van der Waals surface area contributed by atoms with Gasteiger partial charge >= 0.3 is 0 Å². The number of nitrogens with one attached hydrogen (secondary N) is 1. The second kappa shape index (κ2) is 6.48. The number of amides is 1. The summed E-state index contributed by atoms with van der Waals surface area (Å²) in [5, 5.41) is 2.45. The van der Waals surface area contributed by atoms with Crippen molar-refractivity contribution >= 4 is 5.91 Å². The smallest absolute Gasteiger partial charge is 0.255 e. The van der Waals surface area contributed by atoms with Gasteiger partial charge in [0.1, 0.15) is 11.6 Å². The Labute approximate surface area is 115 Å². The van der Waals surface area contributed by atoms with Crippen LogP contribution in [0.1, 0.15) is 15.9 Å². The third kappa shape index (κ3) is 3.66. The number of hydrogen-bond donors (Lipinski definition) is 1. The van der Waals surface area contributed by atoms with Crippen molar-refractivity contribution in [3.8, 4) is 11.8 Å². The van der Waals surface area contributed by atoms with Crippen molar-refractivity contribution in [3.05, 3.63) is 71.3 Å². The minimum atomic E-state index is -0.890. The van der Waals surface area contributed by atoms with Gasteiger partial charge in [0.05, 0.1) is 12.1 Å². The molecule has 0 atom stereocenters. The Bertz CT molecular complexity index is 672. The van der Waals surface area contributed by atoms with E-state index in [2.05, 4.69) is 17.2 Å². The Kier molecular flexibility index (Phi) is 4.46. The molecule has 2 aromatic carbocycles. The molecule has 2 rings (SSSR count). The first-order chi connectivity index (χ1) is 9.66. The van der Waals surface area contributed by atoms with Crippen LogP contribution in [0.4, 0.5) is 8.78 Å². The Morgan fingerprint density at radius 3 is 2.55 bits per heavy atom. The third-order valence-corrected chi connectivity index (χ3v) is 2.52. The largest absolute Gasteiger partial charge is 0.341 e. The molecule has 0 heterocycles. The van der Waals surface area contributed by atoms with Gasteiger partial charge in [-0.15, -0.1) is 0 Å². The summed E-state index contributed by atoms with van der Waals surface area (Å²) in [5.74, 6) is 3.38. The predicted octanol–water partition coefficient (Wildman–Crippen LogP) is 2.75. The van der Waals surface area contributed by atoms with Gasteiger partial charge in [-0.2, -0.15) is 0 Å². The molecule has 0 aliphatic carbocycles. The van der Waals surface area contributed by atoms with Crippen molar-refractivity contribution in [2.45, 2.75) is 0 Å². The standard InChI is InChI=1S/C16H11F2NO/c17-13-8-9-14(15(18)11-13)16(20)19-10-4-7-12-5-2-1-3-6-12/h1-3,5-6,8-9,11H,10H2,(H,19,20). The zero-order valence-electron chi connectivity index (χ0n) is 10.5. The van der Waals surface area contributed by atoms with E-state index in [1.165, 1.54) is 0 Å². The molecule has 2 aromatic rings. The molecule has 0 aliphatic rings. The fourth-order valence-electron chi connectivity index (χ4n) is 1.56. The summed E-state index contributed by atoms with van der Waals surface area (Å²) in [6, 6.07) is 12.1. The fourth-order valence-corrected chi connectivity index (χ4v) is 1.56. The van der Waals surface area contributed by atoms with Crippen LogP contribution in [0, 0.1) is 23.5 Å². The van der Waals surface area contributed by atoms with Crippen molar-refractivity contribution in [2.75, 3.05) is 6.54 Å². The number of hydrogen-bond acceptors (Lipinski definition) is 1. The zero-order valence-corrected chi connectivity index (χ0v) is 10.5. The van der Waals surface area contributed by atoms with Crippen molar-refractivity contribution in [1.82, 2.24) is 5.32 Å². The summed E-state index contributed by atoms with van der Waals surface area (Å²) in [4.78, 5) is 11.6. The van der Waals surface area contributed by atoms with Gasteiger partial charge < -0.3 is 5.32 Å². The lowest BCUT2D eigenvalue weighted by Gasteiger charge is -2.02. The summed E-state index contributed by atoms with van der Waals surface area (Å²) in [7, 11) is 0. The van der Waals surface area contributed by atoms with Crippen LogP contribution < -0.4 is 5.32 Å². The van der Waals surface area contributed by atoms with E-state index in [9.17, 15) is 13.6 Å². The van der Waals surface area contributed by atoms with Gasteiger partial charge in [-0.25, -0.2) is 8.78 Å².